The van der Waals surface area contributed by atoms with Crippen LogP contribution in [0.25, 0.3) is 0 Å². The third kappa shape index (κ3) is 5.20. The summed E-state index contributed by atoms with van der Waals surface area (Å²) in [5.74, 6) is 0.131. The van der Waals surface area contributed by atoms with Crippen LogP contribution in [0, 0.1) is 13.8 Å². The van der Waals surface area contributed by atoms with E-state index in [0.717, 1.165) is 11.1 Å². The van der Waals surface area contributed by atoms with Gasteiger partial charge in [0.2, 0.25) is 5.96 Å². The molecule has 0 fully saturated rings. The first-order valence-corrected chi connectivity index (χ1v) is 6.92. The van der Waals surface area contributed by atoms with Crippen LogP contribution >= 0.6 is 0 Å². The topological polar surface area (TPSA) is 75.1 Å². The van der Waals surface area contributed by atoms with Crippen molar-refractivity contribution in [3.63, 3.8) is 0 Å². The second kappa shape index (κ2) is 7.73. The monoisotopic (exact) mass is 293 g/mol. The summed E-state index contributed by atoms with van der Waals surface area (Å²) in [5.41, 5.74) is 12.6. The van der Waals surface area contributed by atoms with E-state index in [9.17, 15) is 0 Å². The summed E-state index contributed by atoms with van der Waals surface area (Å²) in [6.45, 7) is 4.07. The van der Waals surface area contributed by atoms with Crippen molar-refractivity contribution in [1.82, 2.24) is 5.43 Å². The molecule has 0 aliphatic rings. The van der Waals surface area contributed by atoms with Gasteiger partial charge in [0, 0.05) is 0 Å². The molecule has 0 atom stereocenters. The SMILES string of the molecule is Cc1ccc(/C=N\N=C(N)N/N=C\c2ccc(C)cc2)cc1. The van der Waals surface area contributed by atoms with Crippen molar-refractivity contribution in [2.24, 2.45) is 21.0 Å². The van der Waals surface area contributed by atoms with Crippen LogP contribution in [0.2, 0.25) is 0 Å². The maximum absolute atomic E-state index is 5.66. The fourth-order valence-electron chi connectivity index (χ4n) is 1.66. The molecule has 2 aromatic rings. The lowest BCUT2D eigenvalue weighted by atomic mass is 10.2. The van der Waals surface area contributed by atoms with Crippen molar-refractivity contribution < 1.29 is 0 Å². The van der Waals surface area contributed by atoms with Crippen LogP contribution in [-0.2, 0) is 0 Å². The summed E-state index contributed by atoms with van der Waals surface area (Å²) in [5, 5.41) is 11.7. The van der Waals surface area contributed by atoms with E-state index in [1.807, 2.05) is 62.4 Å². The Labute approximate surface area is 130 Å². The molecule has 0 unspecified atom stereocenters. The van der Waals surface area contributed by atoms with Gasteiger partial charge in [0.25, 0.3) is 0 Å². The Morgan fingerprint density at radius 3 is 1.91 bits per heavy atom. The van der Waals surface area contributed by atoms with Crippen LogP contribution in [0.1, 0.15) is 22.3 Å². The Morgan fingerprint density at radius 1 is 0.864 bits per heavy atom. The Kier molecular flexibility index (Phi) is 5.43. The van der Waals surface area contributed by atoms with Crippen LogP contribution in [-0.4, -0.2) is 18.4 Å². The normalized spacial score (nSPS) is 12.2. The molecule has 2 rings (SSSR count). The quantitative estimate of drug-likeness (QED) is 0.516. The molecule has 22 heavy (non-hydrogen) atoms. The summed E-state index contributed by atoms with van der Waals surface area (Å²) in [7, 11) is 0. The molecular formula is C17H19N5. The third-order valence-electron chi connectivity index (χ3n) is 2.92. The molecule has 3 N–H and O–H groups in total. The van der Waals surface area contributed by atoms with Crippen molar-refractivity contribution in [2.75, 3.05) is 0 Å². The number of guanidine groups is 1. The number of hydrogen-bond donors (Lipinski definition) is 2. The van der Waals surface area contributed by atoms with Gasteiger partial charge in [-0.15, -0.1) is 5.10 Å². The van der Waals surface area contributed by atoms with Crippen molar-refractivity contribution in [1.29, 1.82) is 0 Å². The smallest absolute Gasteiger partial charge is 0.234 e. The molecule has 0 heterocycles. The Hall–Kier alpha value is -2.95. The zero-order chi connectivity index (χ0) is 15.8. The van der Waals surface area contributed by atoms with E-state index in [4.69, 9.17) is 5.73 Å². The summed E-state index contributed by atoms with van der Waals surface area (Å²) < 4.78 is 0. The van der Waals surface area contributed by atoms with E-state index in [2.05, 4.69) is 20.7 Å². The molecule has 0 amide bonds. The van der Waals surface area contributed by atoms with E-state index >= 15 is 0 Å². The molecular weight excluding hydrogens is 274 g/mol. The molecule has 0 spiro atoms. The molecule has 0 bridgehead atoms. The third-order valence-corrected chi connectivity index (χ3v) is 2.92. The molecule has 2 aromatic carbocycles. The average Bonchev–Trinajstić information content (AvgIpc) is 2.51. The molecule has 0 aromatic heterocycles. The minimum Gasteiger partial charge on any atom is -0.367 e. The fraction of sp³-hybridized carbons (Fsp3) is 0.118. The lowest BCUT2D eigenvalue weighted by Gasteiger charge is -1.97. The van der Waals surface area contributed by atoms with Gasteiger partial charge in [0.15, 0.2) is 0 Å². The highest BCUT2D eigenvalue weighted by Gasteiger charge is 1.89. The predicted octanol–water partition coefficient (Wildman–Crippen LogP) is 2.58. The summed E-state index contributed by atoms with van der Waals surface area (Å²) in [4.78, 5) is 0. The lowest BCUT2D eigenvalue weighted by Crippen LogP contribution is -2.26. The Bertz CT molecular complexity index is 682. The van der Waals surface area contributed by atoms with E-state index in [1.165, 1.54) is 11.1 Å². The Morgan fingerprint density at radius 2 is 1.36 bits per heavy atom. The maximum Gasteiger partial charge on any atom is 0.234 e. The van der Waals surface area contributed by atoms with Crippen LogP contribution < -0.4 is 11.2 Å². The standard InChI is InChI=1S/C17H19N5/c1-13-3-7-15(8-4-13)11-19-21-17(18)22-20-12-16-9-5-14(2)6-10-16/h3-12H,1-2H3,(H3,18,21,22)/b19-11-,20-12-. The van der Waals surface area contributed by atoms with E-state index in [0.29, 0.717) is 0 Å². The molecule has 0 aliphatic heterocycles. The van der Waals surface area contributed by atoms with Gasteiger partial charge in [-0.1, -0.05) is 59.7 Å². The highest BCUT2D eigenvalue weighted by atomic mass is 15.4. The number of nitrogens with two attached hydrogens (primary N) is 1. The number of nitrogens with zero attached hydrogens (tertiary/aromatic N) is 3. The molecule has 0 radical (unpaired) electrons. The maximum atomic E-state index is 5.66. The van der Waals surface area contributed by atoms with E-state index < -0.39 is 0 Å². The van der Waals surface area contributed by atoms with Crippen LogP contribution in [0.4, 0.5) is 0 Å². The first kappa shape index (κ1) is 15.4. The van der Waals surface area contributed by atoms with Crippen molar-refractivity contribution in [2.45, 2.75) is 13.8 Å². The number of hydrazone groups is 1. The van der Waals surface area contributed by atoms with Crippen molar-refractivity contribution in [3.8, 4) is 0 Å². The van der Waals surface area contributed by atoms with Gasteiger partial charge in [-0.05, 0) is 25.0 Å². The predicted molar refractivity (Wildman–Crippen MR) is 92.3 cm³/mol. The van der Waals surface area contributed by atoms with Gasteiger partial charge in [-0.3, -0.25) is 0 Å². The van der Waals surface area contributed by atoms with Gasteiger partial charge in [-0.2, -0.15) is 10.2 Å². The lowest BCUT2D eigenvalue weighted by molar-refractivity contribution is 0.994. The largest absolute Gasteiger partial charge is 0.367 e. The zero-order valence-electron chi connectivity index (χ0n) is 12.7. The summed E-state index contributed by atoms with van der Waals surface area (Å²) in [6.07, 6.45) is 3.31. The van der Waals surface area contributed by atoms with Gasteiger partial charge >= 0.3 is 0 Å². The molecule has 112 valence electrons. The summed E-state index contributed by atoms with van der Waals surface area (Å²) >= 11 is 0. The van der Waals surface area contributed by atoms with Crippen LogP contribution in [0.3, 0.4) is 0 Å². The Balaban J connectivity index is 1.87. The van der Waals surface area contributed by atoms with E-state index in [1.54, 1.807) is 12.4 Å². The zero-order valence-corrected chi connectivity index (χ0v) is 12.7. The summed E-state index contributed by atoms with van der Waals surface area (Å²) in [6, 6.07) is 15.9. The van der Waals surface area contributed by atoms with E-state index in [-0.39, 0.29) is 5.96 Å². The molecule has 0 aliphatic carbocycles. The second-order valence-corrected chi connectivity index (χ2v) is 4.92. The average molecular weight is 293 g/mol. The van der Waals surface area contributed by atoms with Crippen LogP contribution in [0.15, 0.2) is 63.8 Å². The molecule has 0 saturated heterocycles. The van der Waals surface area contributed by atoms with Gasteiger partial charge in [0.05, 0.1) is 12.4 Å². The van der Waals surface area contributed by atoms with Gasteiger partial charge < -0.3 is 5.73 Å². The minimum atomic E-state index is 0.131. The molecule has 5 heteroatoms. The minimum absolute atomic E-state index is 0.131. The van der Waals surface area contributed by atoms with Gasteiger partial charge in [-0.25, -0.2) is 5.43 Å². The number of hydrogen-bond acceptors (Lipinski definition) is 3. The number of rotatable bonds is 4. The first-order chi connectivity index (χ1) is 10.6. The van der Waals surface area contributed by atoms with Crippen molar-refractivity contribution in [3.05, 3.63) is 70.8 Å². The highest BCUT2D eigenvalue weighted by Crippen LogP contribution is 2.00. The number of aryl methyl sites for hydroxylation is 2. The number of benzene rings is 2. The first-order valence-electron chi connectivity index (χ1n) is 6.92. The number of nitrogens with one attached hydrogen (secondary N) is 1. The second-order valence-electron chi connectivity index (χ2n) is 4.92. The van der Waals surface area contributed by atoms with Crippen LogP contribution in [0.5, 0.6) is 0 Å². The molecule has 5 nitrogen and oxygen atoms in total. The van der Waals surface area contributed by atoms with Crippen molar-refractivity contribution >= 4 is 18.4 Å². The molecule has 0 saturated carbocycles. The van der Waals surface area contributed by atoms with Gasteiger partial charge in [0.1, 0.15) is 0 Å². The highest BCUT2D eigenvalue weighted by molar-refractivity contribution is 5.84. The fourth-order valence-corrected chi connectivity index (χ4v) is 1.66.